The van der Waals surface area contributed by atoms with E-state index in [0.29, 0.717) is 5.71 Å². The molecule has 0 aliphatic heterocycles. The van der Waals surface area contributed by atoms with Gasteiger partial charge in [-0.05, 0) is 66.3 Å². The average molecular weight is 480 g/mol. The van der Waals surface area contributed by atoms with Crippen molar-refractivity contribution in [3.63, 3.8) is 0 Å². The summed E-state index contributed by atoms with van der Waals surface area (Å²) in [5, 5.41) is 23.1. The molecular weight excluding hydrogens is 460 g/mol. The molecule has 1 aliphatic rings. The number of hydroxylamine groups is 1. The van der Waals surface area contributed by atoms with Gasteiger partial charge in [0, 0.05) is 14.9 Å². The van der Waals surface area contributed by atoms with Crippen LogP contribution in [0.1, 0.15) is 36.4 Å². The van der Waals surface area contributed by atoms with Crippen LogP contribution in [0.15, 0.2) is 68.2 Å². The highest BCUT2D eigenvalue weighted by Crippen LogP contribution is 2.36. The number of allylic oxidation sites excluding steroid dienone is 1. The van der Waals surface area contributed by atoms with E-state index in [1.165, 1.54) is 0 Å². The van der Waals surface area contributed by atoms with Gasteiger partial charge in [-0.3, -0.25) is 0 Å². The number of nitrogens with zero attached hydrogens (tertiary/aromatic N) is 1. The molecule has 2 unspecified atom stereocenters. The first-order valence-corrected chi connectivity index (χ1v) is 10.0. The first-order valence-electron chi connectivity index (χ1n) is 8.46. The Kier molecular flexibility index (Phi) is 6.64. The van der Waals surface area contributed by atoms with Crippen molar-refractivity contribution in [1.82, 2.24) is 5.48 Å². The second-order valence-corrected chi connectivity index (χ2v) is 8.19. The van der Waals surface area contributed by atoms with Crippen molar-refractivity contribution in [2.24, 2.45) is 11.1 Å². The third-order valence-corrected chi connectivity index (χ3v) is 5.79. The Labute approximate surface area is 169 Å². The van der Waals surface area contributed by atoms with E-state index in [0.717, 1.165) is 44.9 Å². The van der Waals surface area contributed by atoms with Crippen molar-refractivity contribution < 1.29 is 10.4 Å². The Balaban J connectivity index is 1.91. The number of hydrogen-bond donors (Lipinski definition) is 3. The molecule has 2 aromatic carbocycles. The molecular formula is C20H20Br2N2O2. The Bertz CT molecular complexity index is 802. The van der Waals surface area contributed by atoms with E-state index in [1.54, 1.807) is 0 Å². The lowest BCUT2D eigenvalue weighted by Gasteiger charge is -2.31. The zero-order chi connectivity index (χ0) is 18.5. The monoisotopic (exact) mass is 478 g/mol. The summed E-state index contributed by atoms with van der Waals surface area (Å²) in [6.45, 7) is 0. The fourth-order valence-corrected chi connectivity index (χ4v) is 3.98. The van der Waals surface area contributed by atoms with E-state index >= 15 is 0 Å². The molecule has 1 aliphatic carbocycles. The second kappa shape index (κ2) is 8.95. The quantitative estimate of drug-likeness (QED) is 0.375. The first kappa shape index (κ1) is 19.3. The van der Waals surface area contributed by atoms with Gasteiger partial charge >= 0.3 is 0 Å². The lowest BCUT2D eigenvalue weighted by atomic mass is 9.77. The number of oxime groups is 1. The largest absolute Gasteiger partial charge is 0.411 e. The van der Waals surface area contributed by atoms with Crippen LogP contribution in [0.5, 0.6) is 0 Å². The van der Waals surface area contributed by atoms with Gasteiger partial charge < -0.3 is 10.4 Å². The molecule has 0 radical (unpaired) electrons. The molecule has 2 atom stereocenters. The summed E-state index contributed by atoms with van der Waals surface area (Å²) in [4.78, 5) is 0. The molecule has 0 heterocycles. The molecule has 2 aromatic rings. The van der Waals surface area contributed by atoms with Gasteiger partial charge in [0.15, 0.2) is 0 Å². The van der Waals surface area contributed by atoms with Crippen molar-refractivity contribution in [2.75, 3.05) is 0 Å². The molecule has 136 valence electrons. The predicted octanol–water partition coefficient (Wildman–Crippen LogP) is 5.95. The van der Waals surface area contributed by atoms with Crippen molar-refractivity contribution in [1.29, 1.82) is 0 Å². The minimum Gasteiger partial charge on any atom is -0.411 e. The molecule has 3 N–H and O–H groups in total. The normalized spacial score (nSPS) is 21.9. The van der Waals surface area contributed by atoms with Crippen molar-refractivity contribution in [3.8, 4) is 0 Å². The zero-order valence-corrected chi connectivity index (χ0v) is 17.2. The number of hydrogen-bond acceptors (Lipinski definition) is 4. The molecule has 0 spiro atoms. The lowest BCUT2D eigenvalue weighted by Crippen LogP contribution is -2.34. The number of benzene rings is 2. The van der Waals surface area contributed by atoms with Crippen LogP contribution >= 0.6 is 31.9 Å². The minimum atomic E-state index is -0.331. The highest BCUT2D eigenvalue weighted by atomic mass is 79.9. The zero-order valence-electron chi connectivity index (χ0n) is 14.1. The third kappa shape index (κ3) is 4.43. The van der Waals surface area contributed by atoms with Crippen LogP contribution in [0.4, 0.5) is 0 Å². The molecule has 4 nitrogen and oxygen atoms in total. The summed E-state index contributed by atoms with van der Waals surface area (Å²) in [6, 6.07) is 15.5. The summed E-state index contributed by atoms with van der Waals surface area (Å²) < 4.78 is 2.01. The molecule has 3 rings (SSSR count). The predicted molar refractivity (Wildman–Crippen MR) is 110 cm³/mol. The second-order valence-electron chi connectivity index (χ2n) is 6.36. The SMILES string of the molecule is O/N=C1\C(=C/c2ccc(Br)cc2)CCCC1C(NO)c1ccc(Br)cc1. The Morgan fingerprint density at radius 2 is 1.65 bits per heavy atom. The van der Waals surface area contributed by atoms with E-state index in [1.807, 2.05) is 48.5 Å². The molecule has 1 fully saturated rings. The summed E-state index contributed by atoms with van der Waals surface area (Å²) in [5.74, 6) is -0.110. The first-order chi connectivity index (χ1) is 12.6. The van der Waals surface area contributed by atoms with Gasteiger partial charge in [0.2, 0.25) is 0 Å². The molecule has 0 bridgehead atoms. The maximum absolute atomic E-state index is 9.80. The molecule has 26 heavy (non-hydrogen) atoms. The topological polar surface area (TPSA) is 64.9 Å². The Morgan fingerprint density at radius 3 is 2.23 bits per heavy atom. The van der Waals surface area contributed by atoms with Gasteiger partial charge in [-0.1, -0.05) is 61.3 Å². The molecule has 0 saturated heterocycles. The molecule has 6 heteroatoms. The fraction of sp³-hybridized carbons (Fsp3) is 0.250. The van der Waals surface area contributed by atoms with Gasteiger partial charge in [0.05, 0.1) is 11.8 Å². The van der Waals surface area contributed by atoms with Crippen LogP contribution in [0.3, 0.4) is 0 Å². The van der Waals surface area contributed by atoms with Crippen LogP contribution in [0.2, 0.25) is 0 Å². The van der Waals surface area contributed by atoms with Crippen molar-refractivity contribution in [3.05, 3.63) is 74.2 Å². The average Bonchev–Trinajstić information content (AvgIpc) is 2.66. The minimum absolute atomic E-state index is 0.110. The lowest BCUT2D eigenvalue weighted by molar-refractivity contribution is 0.106. The summed E-state index contributed by atoms with van der Waals surface area (Å²) >= 11 is 6.87. The van der Waals surface area contributed by atoms with Gasteiger partial charge in [-0.2, -0.15) is 5.48 Å². The number of nitrogens with one attached hydrogen (secondary N) is 1. The smallest absolute Gasteiger partial charge is 0.0878 e. The standard InChI is InChI=1S/C20H20Br2N2O2/c21-16-8-4-13(5-9-16)12-15-2-1-3-18(20(15)24-26)19(23-25)14-6-10-17(22)11-7-14/h4-12,18-19,23,25-26H,1-3H2/b15-12-,24-20+. The third-order valence-electron chi connectivity index (χ3n) is 4.73. The summed E-state index contributed by atoms with van der Waals surface area (Å²) in [6.07, 6.45) is 4.72. The maximum atomic E-state index is 9.80. The highest BCUT2D eigenvalue weighted by molar-refractivity contribution is 9.10. The van der Waals surface area contributed by atoms with Crippen LogP contribution < -0.4 is 5.48 Å². The fourth-order valence-electron chi connectivity index (χ4n) is 3.45. The van der Waals surface area contributed by atoms with E-state index < -0.39 is 0 Å². The summed E-state index contributed by atoms with van der Waals surface area (Å²) in [7, 11) is 0. The molecule has 0 amide bonds. The van der Waals surface area contributed by atoms with Crippen LogP contribution in [0, 0.1) is 5.92 Å². The van der Waals surface area contributed by atoms with E-state index in [4.69, 9.17) is 0 Å². The van der Waals surface area contributed by atoms with Crippen LogP contribution in [0.25, 0.3) is 6.08 Å². The van der Waals surface area contributed by atoms with E-state index in [-0.39, 0.29) is 12.0 Å². The Morgan fingerprint density at radius 1 is 1.04 bits per heavy atom. The summed E-state index contributed by atoms with van der Waals surface area (Å²) in [5.41, 5.74) is 6.07. The molecule has 0 aromatic heterocycles. The van der Waals surface area contributed by atoms with E-state index in [2.05, 4.69) is 48.6 Å². The van der Waals surface area contributed by atoms with Crippen molar-refractivity contribution >= 4 is 43.6 Å². The van der Waals surface area contributed by atoms with Crippen molar-refractivity contribution in [2.45, 2.75) is 25.3 Å². The van der Waals surface area contributed by atoms with Gasteiger partial charge in [0.25, 0.3) is 0 Å². The number of halogens is 2. The van der Waals surface area contributed by atoms with Gasteiger partial charge in [-0.25, -0.2) is 0 Å². The van der Waals surface area contributed by atoms with Crippen LogP contribution in [-0.4, -0.2) is 16.1 Å². The highest BCUT2D eigenvalue weighted by Gasteiger charge is 2.32. The van der Waals surface area contributed by atoms with Crippen LogP contribution in [-0.2, 0) is 0 Å². The molecule has 1 saturated carbocycles. The Hall–Kier alpha value is -1.47. The van der Waals surface area contributed by atoms with E-state index in [9.17, 15) is 10.4 Å². The van der Waals surface area contributed by atoms with Gasteiger partial charge in [0.1, 0.15) is 0 Å². The number of rotatable bonds is 4. The van der Waals surface area contributed by atoms with Gasteiger partial charge in [-0.15, -0.1) is 0 Å². The maximum Gasteiger partial charge on any atom is 0.0878 e.